The third kappa shape index (κ3) is 3.52. The Hall–Kier alpha value is -2.79. The van der Waals surface area contributed by atoms with Crippen LogP contribution < -0.4 is 0 Å². The summed E-state index contributed by atoms with van der Waals surface area (Å²) in [7, 11) is 0. The Kier molecular flexibility index (Phi) is 4.30. The van der Waals surface area contributed by atoms with Gasteiger partial charge in [0.1, 0.15) is 11.0 Å². The zero-order chi connectivity index (χ0) is 16.2. The van der Waals surface area contributed by atoms with Gasteiger partial charge in [-0.2, -0.15) is 0 Å². The van der Waals surface area contributed by atoms with Gasteiger partial charge in [0.25, 0.3) is 0 Å². The van der Waals surface area contributed by atoms with Crippen molar-refractivity contribution in [2.24, 2.45) is 5.16 Å². The zero-order valence-electron chi connectivity index (χ0n) is 11.7. The van der Waals surface area contributed by atoms with E-state index >= 15 is 0 Å². The second-order valence-electron chi connectivity index (χ2n) is 4.68. The fourth-order valence-electron chi connectivity index (χ4n) is 1.97. The second-order valence-corrected chi connectivity index (χ2v) is 5.04. The van der Waals surface area contributed by atoms with Gasteiger partial charge in [0.05, 0.1) is 17.3 Å². The lowest BCUT2D eigenvalue weighted by Gasteiger charge is -2.01. The first-order valence-electron chi connectivity index (χ1n) is 6.69. The number of hydrogen-bond donors (Lipinski definition) is 0. The molecule has 3 rings (SSSR count). The number of rotatable bonds is 3. The highest BCUT2D eigenvalue weighted by molar-refractivity contribution is 6.32. The minimum Gasteiger partial charge on any atom is -0.313 e. The van der Waals surface area contributed by atoms with Crippen molar-refractivity contribution in [1.82, 2.24) is 4.98 Å². The van der Waals surface area contributed by atoms with Crippen molar-refractivity contribution in [1.29, 1.82) is 0 Å². The highest BCUT2D eigenvalue weighted by Gasteiger charge is 2.07. The Labute approximate surface area is 136 Å². The Morgan fingerprint density at radius 2 is 1.91 bits per heavy atom. The van der Waals surface area contributed by atoms with Crippen molar-refractivity contribution in [2.75, 3.05) is 0 Å². The molecule has 1 aromatic heterocycles. The molecule has 2 aromatic carbocycles. The highest BCUT2D eigenvalue weighted by atomic mass is 35.5. The van der Waals surface area contributed by atoms with Crippen molar-refractivity contribution in [3.8, 4) is 0 Å². The van der Waals surface area contributed by atoms with Crippen molar-refractivity contribution in [3.05, 3.63) is 76.7 Å². The summed E-state index contributed by atoms with van der Waals surface area (Å²) in [6, 6.07) is 14.2. The van der Waals surface area contributed by atoms with Gasteiger partial charge >= 0.3 is 5.97 Å². The van der Waals surface area contributed by atoms with Crippen LogP contribution in [0, 0.1) is 5.82 Å². The molecular formula is C17H10ClFN2O2. The maximum atomic E-state index is 12.8. The molecule has 0 spiro atoms. The standard InChI is InChI=1S/C17H10ClFN2O2/c18-16-13(9-12-3-1-2-4-15(12)21-16)10-20-23-17(22)11-5-7-14(19)8-6-11/h1-10H/b20-10+. The van der Waals surface area contributed by atoms with Crippen molar-refractivity contribution in [2.45, 2.75) is 0 Å². The van der Waals surface area contributed by atoms with Gasteiger partial charge < -0.3 is 4.84 Å². The van der Waals surface area contributed by atoms with Crippen LogP contribution in [0.15, 0.2) is 59.8 Å². The van der Waals surface area contributed by atoms with E-state index in [2.05, 4.69) is 10.1 Å². The van der Waals surface area contributed by atoms with E-state index in [4.69, 9.17) is 16.4 Å². The normalized spacial score (nSPS) is 11.0. The molecule has 0 saturated carbocycles. The number of para-hydroxylation sites is 1. The average molecular weight is 329 g/mol. The molecule has 0 atom stereocenters. The Balaban J connectivity index is 1.76. The summed E-state index contributed by atoms with van der Waals surface area (Å²) in [6.07, 6.45) is 1.31. The molecule has 1 heterocycles. The summed E-state index contributed by atoms with van der Waals surface area (Å²) >= 11 is 6.07. The van der Waals surface area contributed by atoms with Crippen LogP contribution in [0.25, 0.3) is 10.9 Å². The highest BCUT2D eigenvalue weighted by Crippen LogP contribution is 2.19. The Morgan fingerprint density at radius 3 is 2.70 bits per heavy atom. The number of fused-ring (bicyclic) bond motifs is 1. The number of pyridine rings is 1. The number of carbonyl (C=O) groups excluding carboxylic acids is 1. The lowest BCUT2D eigenvalue weighted by molar-refractivity contribution is 0.0519. The fourth-order valence-corrected chi connectivity index (χ4v) is 2.16. The van der Waals surface area contributed by atoms with Crippen LogP contribution in [-0.2, 0) is 4.84 Å². The van der Waals surface area contributed by atoms with Gasteiger partial charge in [0, 0.05) is 10.9 Å². The monoisotopic (exact) mass is 328 g/mol. The Bertz CT molecular complexity index is 895. The molecule has 114 valence electrons. The molecule has 0 bridgehead atoms. The zero-order valence-corrected chi connectivity index (χ0v) is 12.5. The molecule has 0 fully saturated rings. The molecule has 0 aliphatic carbocycles. The van der Waals surface area contributed by atoms with Crippen LogP contribution in [0.4, 0.5) is 4.39 Å². The Morgan fingerprint density at radius 1 is 1.17 bits per heavy atom. The maximum Gasteiger partial charge on any atom is 0.365 e. The number of nitrogens with zero attached hydrogens (tertiary/aromatic N) is 2. The summed E-state index contributed by atoms with van der Waals surface area (Å²) in [5.74, 6) is -1.12. The largest absolute Gasteiger partial charge is 0.365 e. The molecule has 0 unspecified atom stereocenters. The van der Waals surface area contributed by atoms with Crippen molar-refractivity contribution in [3.63, 3.8) is 0 Å². The van der Waals surface area contributed by atoms with Gasteiger partial charge in [-0.1, -0.05) is 35.0 Å². The number of benzene rings is 2. The molecule has 4 nitrogen and oxygen atoms in total. The van der Waals surface area contributed by atoms with E-state index in [9.17, 15) is 9.18 Å². The van der Waals surface area contributed by atoms with Crippen LogP contribution >= 0.6 is 11.6 Å². The SMILES string of the molecule is O=C(O/N=C/c1cc2ccccc2nc1Cl)c1ccc(F)cc1. The van der Waals surface area contributed by atoms with E-state index in [1.807, 2.05) is 24.3 Å². The van der Waals surface area contributed by atoms with Crippen LogP contribution in [0.5, 0.6) is 0 Å². The predicted molar refractivity (Wildman–Crippen MR) is 86.2 cm³/mol. The summed E-state index contributed by atoms with van der Waals surface area (Å²) in [5, 5.41) is 4.76. The molecule has 0 aliphatic heterocycles. The minimum atomic E-state index is -0.689. The minimum absolute atomic E-state index is 0.200. The smallest absolute Gasteiger partial charge is 0.313 e. The lowest BCUT2D eigenvalue weighted by atomic mass is 10.2. The van der Waals surface area contributed by atoms with Crippen LogP contribution in [0.1, 0.15) is 15.9 Å². The number of carbonyl (C=O) groups is 1. The van der Waals surface area contributed by atoms with Crippen LogP contribution in [-0.4, -0.2) is 17.2 Å². The number of hydrogen-bond acceptors (Lipinski definition) is 4. The average Bonchev–Trinajstić information content (AvgIpc) is 2.56. The topological polar surface area (TPSA) is 51.5 Å². The molecule has 0 amide bonds. The van der Waals surface area contributed by atoms with Gasteiger partial charge in [-0.15, -0.1) is 0 Å². The van der Waals surface area contributed by atoms with Gasteiger partial charge in [0.15, 0.2) is 0 Å². The van der Waals surface area contributed by atoms with Crippen molar-refractivity contribution < 1.29 is 14.0 Å². The van der Waals surface area contributed by atoms with E-state index < -0.39 is 11.8 Å². The second kappa shape index (κ2) is 6.54. The molecule has 6 heteroatoms. The summed E-state index contributed by atoms with van der Waals surface area (Å²) in [5.41, 5.74) is 1.49. The molecule has 0 N–H and O–H groups in total. The van der Waals surface area contributed by atoms with Gasteiger partial charge in [-0.05, 0) is 36.4 Å². The van der Waals surface area contributed by atoms with E-state index in [0.717, 1.165) is 10.9 Å². The fraction of sp³-hybridized carbons (Fsp3) is 0. The molecule has 0 aliphatic rings. The molecule has 0 radical (unpaired) electrons. The molecule has 23 heavy (non-hydrogen) atoms. The number of oxime groups is 1. The van der Waals surface area contributed by atoms with E-state index in [0.29, 0.717) is 5.56 Å². The van der Waals surface area contributed by atoms with E-state index in [1.54, 1.807) is 6.07 Å². The number of halogens is 2. The molecular weight excluding hydrogens is 319 g/mol. The third-order valence-corrected chi connectivity index (χ3v) is 3.41. The summed E-state index contributed by atoms with van der Waals surface area (Å²) < 4.78 is 12.8. The van der Waals surface area contributed by atoms with Gasteiger partial charge in [-0.3, -0.25) is 0 Å². The summed E-state index contributed by atoms with van der Waals surface area (Å²) in [4.78, 5) is 20.7. The van der Waals surface area contributed by atoms with Crippen molar-refractivity contribution >= 4 is 34.7 Å². The molecule has 3 aromatic rings. The maximum absolute atomic E-state index is 12.8. The van der Waals surface area contributed by atoms with E-state index in [1.165, 1.54) is 30.5 Å². The predicted octanol–water partition coefficient (Wildman–Crippen LogP) is 4.22. The first kappa shape index (κ1) is 15.1. The first-order valence-corrected chi connectivity index (χ1v) is 7.07. The van der Waals surface area contributed by atoms with Gasteiger partial charge in [-0.25, -0.2) is 14.2 Å². The lowest BCUT2D eigenvalue weighted by Crippen LogP contribution is -2.01. The number of aromatic nitrogens is 1. The van der Waals surface area contributed by atoms with E-state index in [-0.39, 0.29) is 10.7 Å². The third-order valence-electron chi connectivity index (χ3n) is 3.11. The van der Waals surface area contributed by atoms with Crippen LogP contribution in [0.2, 0.25) is 5.15 Å². The summed E-state index contributed by atoms with van der Waals surface area (Å²) in [6.45, 7) is 0. The van der Waals surface area contributed by atoms with Gasteiger partial charge in [0.2, 0.25) is 0 Å². The van der Waals surface area contributed by atoms with Crippen LogP contribution in [0.3, 0.4) is 0 Å². The quantitative estimate of drug-likeness (QED) is 0.313. The molecule has 0 saturated heterocycles. The first-order chi connectivity index (χ1) is 11.1.